The van der Waals surface area contributed by atoms with Crippen molar-refractivity contribution in [2.75, 3.05) is 11.9 Å². The van der Waals surface area contributed by atoms with E-state index in [2.05, 4.69) is 0 Å². The molecule has 0 aromatic heterocycles. The monoisotopic (exact) mass is 262 g/mol. The number of nitro benzene ring substituents is 1. The van der Waals surface area contributed by atoms with E-state index in [1.807, 2.05) is 11.9 Å². The molecule has 1 fully saturated rings. The van der Waals surface area contributed by atoms with E-state index in [1.165, 1.54) is 12.1 Å². The van der Waals surface area contributed by atoms with Crippen LogP contribution in [0.3, 0.4) is 0 Å². The molecule has 0 saturated heterocycles. The zero-order valence-corrected chi connectivity index (χ0v) is 10.4. The van der Waals surface area contributed by atoms with Crippen LogP contribution in [-0.4, -0.2) is 29.1 Å². The summed E-state index contributed by atoms with van der Waals surface area (Å²) in [5.74, 6) is -1.08. The van der Waals surface area contributed by atoms with Gasteiger partial charge < -0.3 is 10.0 Å². The summed E-state index contributed by atoms with van der Waals surface area (Å²) in [6.45, 7) is 0. The second-order valence-corrected chi connectivity index (χ2v) is 4.52. The Morgan fingerprint density at radius 3 is 2.74 bits per heavy atom. The number of carboxylic acids is 1. The van der Waals surface area contributed by atoms with Gasteiger partial charge >= 0.3 is 5.97 Å². The molecule has 0 atom stereocenters. The fraction of sp³-hybridized carbons (Fsp3) is 0.308. The van der Waals surface area contributed by atoms with Crippen LogP contribution in [0.15, 0.2) is 24.3 Å². The highest BCUT2D eigenvalue weighted by Gasteiger charge is 2.30. The van der Waals surface area contributed by atoms with Gasteiger partial charge in [-0.1, -0.05) is 6.07 Å². The Morgan fingerprint density at radius 2 is 2.21 bits per heavy atom. The molecule has 0 radical (unpaired) electrons. The third-order valence-corrected chi connectivity index (χ3v) is 3.09. The van der Waals surface area contributed by atoms with E-state index in [-0.39, 0.29) is 5.69 Å². The zero-order valence-electron chi connectivity index (χ0n) is 10.4. The Balaban J connectivity index is 2.34. The van der Waals surface area contributed by atoms with Crippen LogP contribution in [0.1, 0.15) is 18.4 Å². The topological polar surface area (TPSA) is 83.7 Å². The van der Waals surface area contributed by atoms with Gasteiger partial charge in [-0.2, -0.15) is 0 Å². The fourth-order valence-corrected chi connectivity index (χ4v) is 1.91. The molecule has 100 valence electrons. The summed E-state index contributed by atoms with van der Waals surface area (Å²) >= 11 is 0. The summed E-state index contributed by atoms with van der Waals surface area (Å²) in [7, 11) is 1.84. The van der Waals surface area contributed by atoms with Gasteiger partial charge in [0.25, 0.3) is 5.69 Å². The molecule has 1 saturated carbocycles. The lowest BCUT2D eigenvalue weighted by Crippen LogP contribution is -2.20. The van der Waals surface area contributed by atoms with E-state index >= 15 is 0 Å². The quantitative estimate of drug-likeness (QED) is 0.500. The maximum atomic E-state index is 11.1. The minimum Gasteiger partial charge on any atom is -0.478 e. The molecule has 0 amide bonds. The van der Waals surface area contributed by atoms with Gasteiger partial charge in [0.2, 0.25) is 0 Å². The molecule has 2 rings (SSSR count). The molecule has 1 aromatic rings. The Morgan fingerprint density at radius 1 is 1.53 bits per heavy atom. The number of benzene rings is 1. The third kappa shape index (κ3) is 3.09. The van der Waals surface area contributed by atoms with Crippen molar-refractivity contribution >= 4 is 23.4 Å². The second-order valence-electron chi connectivity index (χ2n) is 4.52. The van der Waals surface area contributed by atoms with Crippen LogP contribution in [0.2, 0.25) is 0 Å². The van der Waals surface area contributed by atoms with Crippen LogP contribution in [0.5, 0.6) is 0 Å². The Bertz CT molecular complexity index is 550. The van der Waals surface area contributed by atoms with Crippen molar-refractivity contribution in [1.82, 2.24) is 0 Å². The van der Waals surface area contributed by atoms with Crippen molar-refractivity contribution in [2.45, 2.75) is 18.9 Å². The molecule has 6 nitrogen and oxygen atoms in total. The first-order valence-corrected chi connectivity index (χ1v) is 5.91. The number of carbonyl (C=O) groups is 1. The summed E-state index contributed by atoms with van der Waals surface area (Å²) in [5, 5.41) is 19.6. The van der Waals surface area contributed by atoms with Gasteiger partial charge in [0.15, 0.2) is 0 Å². The zero-order chi connectivity index (χ0) is 14.0. The molecule has 0 bridgehead atoms. The number of nitro groups is 1. The van der Waals surface area contributed by atoms with Gasteiger partial charge in [0.1, 0.15) is 5.69 Å². The number of hydrogen-bond donors (Lipinski definition) is 1. The summed E-state index contributed by atoms with van der Waals surface area (Å²) in [6, 6.07) is 5.12. The van der Waals surface area contributed by atoms with Gasteiger partial charge in [-0.05, 0) is 30.5 Å². The van der Waals surface area contributed by atoms with E-state index < -0.39 is 10.9 Å². The molecule has 0 spiro atoms. The van der Waals surface area contributed by atoms with E-state index in [0.29, 0.717) is 17.3 Å². The number of anilines is 1. The fourth-order valence-electron chi connectivity index (χ4n) is 1.91. The summed E-state index contributed by atoms with van der Waals surface area (Å²) in [5.41, 5.74) is 1.07. The van der Waals surface area contributed by atoms with Crippen molar-refractivity contribution in [3.05, 3.63) is 40.0 Å². The Labute approximate surface area is 110 Å². The average Bonchev–Trinajstić information content (AvgIpc) is 3.19. The molecule has 1 N–H and O–H groups in total. The van der Waals surface area contributed by atoms with E-state index in [0.717, 1.165) is 18.9 Å². The van der Waals surface area contributed by atoms with Crippen molar-refractivity contribution in [3.63, 3.8) is 0 Å². The van der Waals surface area contributed by atoms with E-state index in [4.69, 9.17) is 5.11 Å². The highest BCUT2D eigenvalue weighted by atomic mass is 16.6. The minimum absolute atomic E-state index is 0.00180. The van der Waals surface area contributed by atoms with Gasteiger partial charge in [-0.3, -0.25) is 10.1 Å². The number of aliphatic carboxylic acids is 1. The average molecular weight is 262 g/mol. The van der Waals surface area contributed by atoms with Gasteiger partial charge in [0.05, 0.1) is 4.92 Å². The molecule has 1 aromatic carbocycles. The normalized spacial score (nSPS) is 14.6. The highest BCUT2D eigenvalue weighted by Crippen LogP contribution is 2.36. The predicted octanol–water partition coefficient (Wildman–Crippen LogP) is 2.29. The molecule has 19 heavy (non-hydrogen) atoms. The summed E-state index contributed by atoms with van der Waals surface area (Å²) in [4.78, 5) is 23.0. The lowest BCUT2D eigenvalue weighted by atomic mass is 10.1. The molecule has 1 aliphatic rings. The molecular weight excluding hydrogens is 248 g/mol. The van der Waals surface area contributed by atoms with Crippen LogP contribution in [0, 0.1) is 10.1 Å². The summed E-state index contributed by atoms with van der Waals surface area (Å²) in [6.07, 6.45) is 4.40. The van der Waals surface area contributed by atoms with Gasteiger partial charge in [0, 0.05) is 25.2 Å². The van der Waals surface area contributed by atoms with Crippen LogP contribution >= 0.6 is 0 Å². The first-order chi connectivity index (χ1) is 8.99. The molecular formula is C13H14N2O4. The van der Waals surface area contributed by atoms with Crippen molar-refractivity contribution in [2.24, 2.45) is 0 Å². The molecule has 0 heterocycles. The first-order valence-electron chi connectivity index (χ1n) is 5.91. The number of nitrogens with zero attached hydrogens (tertiary/aromatic N) is 2. The van der Waals surface area contributed by atoms with Crippen molar-refractivity contribution < 1.29 is 14.8 Å². The highest BCUT2D eigenvalue weighted by molar-refractivity contribution is 5.85. The largest absolute Gasteiger partial charge is 0.478 e. The van der Waals surface area contributed by atoms with Gasteiger partial charge in [-0.25, -0.2) is 4.79 Å². The number of carboxylic acid groups (broad SMARTS) is 1. The van der Waals surface area contributed by atoms with Crippen LogP contribution in [-0.2, 0) is 4.79 Å². The van der Waals surface area contributed by atoms with Crippen LogP contribution in [0.25, 0.3) is 6.08 Å². The smallest absolute Gasteiger partial charge is 0.328 e. The first kappa shape index (κ1) is 13.1. The number of rotatable bonds is 5. The molecule has 1 aliphatic carbocycles. The van der Waals surface area contributed by atoms with Gasteiger partial charge in [-0.15, -0.1) is 0 Å². The predicted molar refractivity (Wildman–Crippen MR) is 71.2 cm³/mol. The lowest BCUT2D eigenvalue weighted by Gasteiger charge is -2.18. The standard InChI is InChI=1S/C13H14N2O4/c1-14(10-4-5-10)11-6-2-9(3-7-13(16)17)8-12(11)15(18)19/h2-3,6-8,10H,4-5H2,1H3,(H,16,17)/b7-3+. The Hall–Kier alpha value is -2.37. The SMILES string of the molecule is CN(c1ccc(/C=C/C(=O)O)cc1[N+](=O)[O-])C1CC1. The number of hydrogen-bond acceptors (Lipinski definition) is 4. The lowest BCUT2D eigenvalue weighted by molar-refractivity contribution is -0.384. The Kier molecular flexibility index (Phi) is 3.50. The molecule has 0 unspecified atom stereocenters. The van der Waals surface area contributed by atoms with E-state index in [1.54, 1.807) is 12.1 Å². The molecule has 6 heteroatoms. The van der Waals surface area contributed by atoms with Crippen LogP contribution < -0.4 is 4.90 Å². The van der Waals surface area contributed by atoms with Crippen LogP contribution in [0.4, 0.5) is 11.4 Å². The minimum atomic E-state index is -1.08. The maximum absolute atomic E-state index is 11.1. The van der Waals surface area contributed by atoms with Crippen molar-refractivity contribution in [1.29, 1.82) is 0 Å². The third-order valence-electron chi connectivity index (χ3n) is 3.09. The maximum Gasteiger partial charge on any atom is 0.328 e. The summed E-state index contributed by atoms with van der Waals surface area (Å²) < 4.78 is 0. The molecule has 0 aliphatic heterocycles. The van der Waals surface area contributed by atoms with E-state index in [9.17, 15) is 14.9 Å². The van der Waals surface area contributed by atoms with Crippen molar-refractivity contribution in [3.8, 4) is 0 Å². The second kappa shape index (κ2) is 5.09.